The molecule has 2 N–H and O–H groups in total. The summed E-state index contributed by atoms with van der Waals surface area (Å²) in [4.78, 5) is 0. The molecule has 4 nitrogen and oxygen atoms in total. The Balaban J connectivity index is 1.99. The number of rotatable bonds is 7. The van der Waals surface area contributed by atoms with Gasteiger partial charge in [0.15, 0.2) is 0 Å². The van der Waals surface area contributed by atoms with Crippen molar-refractivity contribution in [1.82, 2.24) is 15.1 Å². The number of nitrogens with one attached hydrogen (secondary N) is 1. The molecule has 0 saturated heterocycles. The van der Waals surface area contributed by atoms with Gasteiger partial charge in [-0.25, -0.2) is 0 Å². The summed E-state index contributed by atoms with van der Waals surface area (Å²) in [7, 11) is 2.00. The summed E-state index contributed by atoms with van der Waals surface area (Å²) in [6.07, 6.45) is 1.43. The second kappa shape index (κ2) is 7.56. The Bertz CT molecular complexity index is 619. The summed E-state index contributed by atoms with van der Waals surface area (Å²) in [5.74, 6) is 0. The van der Waals surface area contributed by atoms with Crippen molar-refractivity contribution < 1.29 is 5.11 Å². The highest BCUT2D eigenvalue weighted by molar-refractivity contribution is 5.27. The van der Waals surface area contributed by atoms with Crippen molar-refractivity contribution in [2.75, 3.05) is 6.54 Å². The molecule has 1 unspecified atom stereocenters. The molecule has 22 heavy (non-hydrogen) atoms. The van der Waals surface area contributed by atoms with Crippen molar-refractivity contribution in [3.05, 3.63) is 52.3 Å². The monoisotopic (exact) mass is 301 g/mol. The third-order valence-corrected chi connectivity index (χ3v) is 4.09. The van der Waals surface area contributed by atoms with Crippen LogP contribution in [0.5, 0.6) is 0 Å². The molecule has 4 heteroatoms. The molecule has 0 amide bonds. The quantitative estimate of drug-likeness (QED) is 0.826. The maximum Gasteiger partial charge on any atom is 0.0914 e. The fourth-order valence-corrected chi connectivity index (χ4v) is 2.92. The third-order valence-electron chi connectivity index (χ3n) is 4.09. The zero-order chi connectivity index (χ0) is 16.1. The highest BCUT2D eigenvalue weighted by Gasteiger charge is 2.14. The van der Waals surface area contributed by atoms with E-state index in [1.165, 1.54) is 16.8 Å². The van der Waals surface area contributed by atoms with Gasteiger partial charge < -0.3 is 10.4 Å². The first-order chi connectivity index (χ1) is 10.6. The lowest BCUT2D eigenvalue weighted by atomic mass is 10.1. The van der Waals surface area contributed by atoms with E-state index in [1.54, 1.807) is 0 Å². The average molecular weight is 301 g/mol. The number of hydrogen-bond acceptors (Lipinski definition) is 3. The smallest absolute Gasteiger partial charge is 0.0914 e. The lowest BCUT2D eigenvalue weighted by Gasteiger charge is -2.13. The second-order valence-corrected chi connectivity index (χ2v) is 5.76. The van der Waals surface area contributed by atoms with Gasteiger partial charge in [-0.3, -0.25) is 4.68 Å². The average Bonchev–Trinajstić information content (AvgIpc) is 2.82. The van der Waals surface area contributed by atoms with E-state index in [9.17, 15) is 5.11 Å². The zero-order valence-corrected chi connectivity index (χ0v) is 14.1. The standard InChI is InChI=1S/C18H27N3O/c1-5-16-15(17(6-2)21(4)20-16)11-19-12-18(22)14-9-7-8-13(3)10-14/h7-10,18-19,22H,5-6,11-12H2,1-4H3. The van der Waals surface area contributed by atoms with E-state index in [-0.39, 0.29) is 0 Å². The predicted molar refractivity (Wildman–Crippen MR) is 89.8 cm³/mol. The van der Waals surface area contributed by atoms with E-state index in [0.29, 0.717) is 6.54 Å². The van der Waals surface area contributed by atoms with E-state index in [2.05, 4.69) is 24.3 Å². The number of benzene rings is 1. The molecular formula is C18H27N3O. The number of nitrogens with zero attached hydrogens (tertiary/aromatic N) is 2. The summed E-state index contributed by atoms with van der Waals surface area (Å²) < 4.78 is 1.98. The maximum atomic E-state index is 10.3. The largest absolute Gasteiger partial charge is 0.387 e. The Morgan fingerprint density at radius 3 is 2.68 bits per heavy atom. The summed E-state index contributed by atoms with van der Waals surface area (Å²) in [5.41, 5.74) is 5.84. The fraction of sp³-hybridized carbons (Fsp3) is 0.500. The summed E-state index contributed by atoms with van der Waals surface area (Å²) in [5, 5.41) is 18.3. The topological polar surface area (TPSA) is 50.1 Å². The molecule has 0 aliphatic heterocycles. The van der Waals surface area contributed by atoms with Crippen LogP contribution >= 0.6 is 0 Å². The molecule has 0 aliphatic carbocycles. The van der Waals surface area contributed by atoms with Crippen LogP contribution in [0.25, 0.3) is 0 Å². The van der Waals surface area contributed by atoms with Crippen LogP contribution in [0.4, 0.5) is 0 Å². The van der Waals surface area contributed by atoms with Gasteiger partial charge in [-0.1, -0.05) is 43.7 Å². The Kier molecular flexibility index (Phi) is 5.75. The molecule has 1 aromatic carbocycles. The van der Waals surface area contributed by atoms with Crippen LogP contribution in [0.3, 0.4) is 0 Å². The Hall–Kier alpha value is -1.65. The molecule has 1 atom stereocenters. The van der Waals surface area contributed by atoms with Gasteiger partial charge in [0.05, 0.1) is 11.8 Å². The van der Waals surface area contributed by atoms with Gasteiger partial charge in [0, 0.05) is 31.4 Å². The van der Waals surface area contributed by atoms with Crippen LogP contribution in [0.15, 0.2) is 24.3 Å². The Morgan fingerprint density at radius 2 is 2.05 bits per heavy atom. The summed E-state index contributed by atoms with van der Waals surface area (Å²) in [6, 6.07) is 8.03. The van der Waals surface area contributed by atoms with Crippen molar-refractivity contribution in [2.24, 2.45) is 7.05 Å². The fourth-order valence-electron chi connectivity index (χ4n) is 2.92. The summed E-state index contributed by atoms with van der Waals surface area (Å²) in [6.45, 7) is 7.63. The van der Waals surface area contributed by atoms with Gasteiger partial charge >= 0.3 is 0 Å². The molecule has 0 fully saturated rings. The van der Waals surface area contributed by atoms with Gasteiger partial charge in [-0.15, -0.1) is 0 Å². The number of hydrogen-bond donors (Lipinski definition) is 2. The van der Waals surface area contributed by atoms with E-state index in [4.69, 9.17) is 0 Å². The molecule has 0 radical (unpaired) electrons. The van der Waals surface area contributed by atoms with E-state index in [1.807, 2.05) is 42.9 Å². The molecule has 1 aromatic heterocycles. The molecule has 0 spiro atoms. The van der Waals surface area contributed by atoms with E-state index in [0.717, 1.165) is 30.6 Å². The molecular weight excluding hydrogens is 274 g/mol. The van der Waals surface area contributed by atoms with Crippen molar-refractivity contribution in [1.29, 1.82) is 0 Å². The van der Waals surface area contributed by atoms with Crippen LogP contribution < -0.4 is 5.32 Å². The Morgan fingerprint density at radius 1 is 1.27 bits per heavy atom. The number of aromatic nitrogens is 2. The lowest BCUT2D eigenvalue weighted by molar-refractivity contribution is 0.174. The van der Waals surface area contributed by atoms with Crippen LogP contribution in [0, 0.1) is 6.92 Å². The molecule has 120 valence electrons. The highest BCUT2D eigenvalue weighted by atomic mass is 16.3. The van der Waals surface area contributed by atoms with Gasteiger partial charge in [0.1, 0.15) is 0 Å². The third kappa shape index (κ3) is 3.76. The van der Waals surface area contributed by atoms with Crippen LogP contribution in [-0.4, -0.2) is 21.4 Å². The number of aliphatic hydroxyl groups is 1. The molecule has 0 bridgehead atoms. The highest BCUT2D eigenvalue weighted by Crippen LogP contribution is 2.17. The van der Waals surface area contributed by atoms with E-state index >= 15 is 0 Å². The van der Waals surface area contributed by atoms with Gasteiger partial charge in [0.25, 0.3) is 0 Å². The molecule has 0 saturated carbocycles. The first kappa shape index (κ1) is 16.7. The minimum atomic E-state index is -0.480. The van der Waals surface area contributed by atoms with Crippen molar-refractivity contribution >= 4 is 0 Å². The SMILES string of the molecule is CCc1nn(C)c(CC)c1CNCC(O)c1cccc(C)c1. The molecule has 1 heterocycles. The van der Waals surface area contributed by atoms with E-state index < -0.39 is 6.10 Å². The molecule has 2 aromatic rings. The second-order valence-electron chi connectivity index (χ2n) is 5.76. The van der Waals surface area contributed by atoms with Crippen LogP contribution in [0.2, 0.25) is 0 Å². The Labute approximate surface area is 133 Å². The summed E-state index contributed by atoms with van der Waals surface area (Å²) >= 11 is 0. The normalized spacial score (nSPS) is 12.6. The first-order valence-corrected chi connectivity index (χ1v) is 8.05. The molecule has 0 aliphatic rings. The minimum Gasteiger partial charge on any atom is -0.387 e. The van der Waals surface area contributed by atoms with Crippen molar-refractivity contribution in [3.8, 4) is 0 Å². The maximum absolute atomic E-state index is 10.3. The lowest BCUT2D eigenvalue weighted by Crippen LogP contribution is -2.22. The zero-order valence-electron chi connectivity index (χ0n) is 14.1. The van der Waals surface area contributed by atoms with Crippen LogP contribution in [-0.2, 0) is 26.4 Å². The number of aryl methyl sites for hydroxylation is 3. The minimum absolute atomic E-state index is 0.480. The van der Waals surface area contributed by atoms with Crippen LogP contribution in [0.1, 0.15) is 48.0 Å². The molecule has 2 rings (SSSR count). The van der Waals surface area contributed by atoms with Gasteiger partial charge in [-0.05, 0) is 25.3 Å². The first-order valence-electron chi connectivity index (χ1n) is 8.05. The number of aliphatic hydroxyl groups excluding tert-OH is 1. The van der Waals surface area contributed by atoms with Crippen molar-refractivity contribution in [2.45, 2.75) is 46.3 Å². The van der Waals surface area contributed by atoms with Crippen molar-refractivity contribution in [3.63, 3.8) is 0 Å². The van der Waals surface area contributed by atoms with Gasteiger partial charge in [0.2, 0.25) is 0 Å². The van der Waals surface area contributed by atoms with Gasteiger partial charge in [-0.2, -0.15) is 5.10 Å². The predicted octanol–water partition coefficient (Wildman–Crippen LogP) is 2.68.